The van der Waals surface area contributed by atoms with Gasteiger partial charge in [0.1, 0.15) is 5.75 Å². The summed E-state index contributed by atoms with van der Waals surface area (Å²) in [5, 5.41) is 8.83. The normalized spacial score (nSPS) is 10.6. The van der Waals surface area contributed by atoms with E-state index in [2.05, 4.69) is 6.58 Å². The predicted molar refractivity (Wildman–Crippen MR) is 101 cm³/mol. The van der Waals surface area contributed by atoms with E-state index in [0.29, 0.717) is 13.2 Å². The van der Waals surface area contributed by atoms with Crippen LogP contribution < -0.4 is 4.74 Å². The van der Waals surface area contributed by atoms with E-state index in [1.54, 1.807) is 24.3 Å². The first-order valence-electron chi connectivity index (χ1n) is 9.28. The lowest BCUT2D eigenvalue weighted by Gasteiger charge is -2.06. The van der Waals surface area contributed by atoms with Crippen LogP contribution in [-0.2, 0) is 4.74 Å². The molecule has 0 fully saturated rings. The molecule has 0 aliphatic rings. The monoisotopic (exact) mass is 348 g/mol. The van der Waals surface area contributed by atoms with Crippen LogP contribution in [-0.4, -0.2) is 30.9 Å². The van der Waals surface area contributed by atoms with E-state index < -0.39 is 5.97 Å². The Morgan fingerprint density at radius 3 is 1.96 bits per heavy atom. The lowest BCUT2D eigenvalue weighted by atomic mass is 10.1. The Morgan fingerprint density at radius 2 is 1.44 bits per heavy atom. The summed E-state index contributed by atoms with van der Waals surface area (Å²) in [7, 11) is 0. The van der Waals surface area contributed by atoms with Gasteiger partial charge in [0.15, 0.2) is 0 Å². The average molecular weight is 348 g/mol. The van der Waals surface area contributed by atoms with E-state index in [-0.39, 0.29) is 5.56 Å². The third kappa shape index (κ3) is 11.4. The number of hydrogen-bond acceptors (Lipinski definition) is 3. The molecule has 4 heteroatoms. The Hall–Kier alpha value is -1.81. The van der Waals surface area contributed by atoms with E-state index >= 15 is 0 Å². The smallest absolute Gasteiger partial charge is 0.335 e. The summed E-state index contributed by atoms with van der Waals surface area (Å²) in [6.45, 7) is 8.02. The molecule has 1 aromatic rings. The Morgan fingerprint density at radius 1 is 0.920 bits per heavy atom. The Kier molecular flexibility index (Phi) is 11.4. The molecule has 0 radical (unpaired) electrons. The fourth-order valence-electron chi connectivity index (χ4n) is 2.50. The first kappa shape index (κ1) is 21.2. The maximum atomic E-state index is 10.8. The maximum Gasteiger partial charge on any atom is 0.335 e. The third-order valence-corrected chi connectivity index (χ3v) is 3.90. The number of carboxylic acids is 1. The first-order chi connectivity index (χ1) is 12.1. The summed E-state index contributed by atoms with van der Waals surface area (Å²) in [5.74, 6) is -0.176. The van der Waals surface area contributed by atoms with Crippen LogP contribution in [0.5, 0.6) is 5.75 Å². The second kappa shape index (κ2) is 13.5. The Labute approximate surface area is 151 Å². The highest BCUT2D eigenvalue weighted by molar-refractivity contribution is 5.87. The molecule has 0 atom stereocenters. The lowest BCUT2D eigenvalue weighted by Crippen LogP contribution is -1.99. The van der Waals surface area contributed by atoms with Crippen molar-refractivity contribution in [1.82, 2.24) is 0 Å². The van der Waals surface area contributed by atoms with E-state index in [1.807, 2.05) is 6.92 Å². The van der Waals surface area contributed by atoms with E-state index in [1.165, 1.54) is 38.5 Å². The summed E-state index contributed by atoms with van der Waals surface area (Å²) < 4.78 is 11.1. The highest BCUT2D eigenvalue weighted by Gasteiger charge is 2.02. The molecule has 0 aliphatic carbocycles. The van der Waals surface area contributed by atoms with Gasteiger partial charge in [-0.05, 0) is 44.0 Å². The highest BCUT2D eigenvalue weighted by Crippen LogP contribution is 2.14. The molecule has 0 saturated carbocycles. The number of aromatic carboxylic acids is 1. The number of hydrogen-bond donors (Lipinski definition) is 1. The zero-order valence-electron chi connectivity index (χ0n) is 15.5. The maximum absolute atomic E-state index is 10.8. The molecular formula is C21H32O4. The van der Waals surface area contributed by atoms with Gasteiger partial charge < -0.3 is 14.6 Å². The molecule has 0 aliphatic heterocycles. The minimum atomic E-state index is -0.911. The quantitative estimate of drug-likeness (QED) is 0.337. The zero-order valence-corrected chi connectivity index (χ0v) is 15.5. The number of unbranched alkanes of at least 4 members (excludes halogenated alkanes) is 7. The summed E-state index contributed by atoms with van der Waals surface area (Å²) in [4.78, 5) is 10.8. The molecular weight excluding hydrogens is 316 g/mol. The molecule has 1 rings (SSSR count). The van der Waals surface area contributed by atoms with Gasteiger partial charge >= 0.3 is 5.97 Å². The molecule has 0 amide bonds. The molecule has 0 aromatic heterocycles. The SMILES string of the molecule is C=C(C)COCCCCCCCCCCOc1ccc(C(=O)O)cc1. The first-order valence-corrected chi connectivity index (χ1v) is 9.28. The van der Waals surface area contributed by atoms with Crippen LogP contribution in [0.25, 0.3) is 0 Å². The standard InChI is InChI=1S/C21H32O4/c1-18(2)17-24-15-9-7-5-3-4-6-8-10-16-25-20-13-11-19(12-14-20)21(22)23/h11-14H,1,3-10,15-17H2,2H3,(H,22,23). The molecule has 0 spiro atoms. The largest absolute Gasteiger partial charge is 0.494 e. The van der Waals surface area contributed by atoms with Gasteiger partial charge in [0.05, 0.1) is 18.8 Å². The van der Waals surface area contributed by atoms with Gasteiger partial charge in [0.2, 0.25) is 0 Å². The lowest BCUT2D eigenvalue weighted by molar-refractivity contribution is 0.0697. The minimum Gasteiger partial charge on any atom is -0.494 e. The van der Waals surface area contributed by atoms with Crippen LogP contribution >= 0.6 is 0 Å². The average Bonchev–Trinajstić information content (AvgIpc) is 2.59. The van der Waals surface area contributed by atoms with E-state index in [9.17, 15) is 4.79 Å². The molecule has 0 unspecified atom stereocenters. The molecule has 25 heavy (non-hydrogen) atoms. The second-order valence-electron chi connectivity index (χ2n) is 6.52. The summed E-state index contributed by atoms with van der Waals surface area (Å²) in [6, 6.07) is 6.57. The Balaban J connectivity index is 1.87. The molecule has 1 N–H and O–H groups in total. The van der Waals surface area contributed by atoms with Crippen molar-refractivity contribution in [2.75, 3.05) is 19.8 Å². The van der Waals surface area contributed by atoms with Crippen LogP contribution in [0.1, 0.15) is 68.6 Å². The molecule has 0 saturated heterocycles. The summed E-state index contributed by atoms with van der Waals surface area (Å²) >= 11 is 0. The predicted octanol–water partition coefficient (Wildman–Crippen LogP) is 5.48. The van der Waals surface area contributed by atoms with Crippen molar-refractivity contribution < 1.29 is 19.4 Å². The van der Waals surface area contributed by atoms with Crippen molar-refractivity contribution in [3.8, 4) is 5.75 Å². The van der Waals surface area contributed by atoms with Crippen molar-refractivity contribution in [2.24, 2.45) is 0 Å². The van der Waals surface area contributed by atoms with Gasteiger partial charge in [-0.2, -0.15) is 0 Å². The molecule has 0 heterocycles. The van der Waals surface area contributed by atoms with Gasteiger partial charge in [0, 0.05) is 6.61 Å². The topological polar surface area (TPSA) is 55.8 Å². The number of carboxylic acid groups (broad SMARTS) is 1. The van der Waals surface area contributed by atoms with Crippen LogP contribution in [0.2, 0.25) is 0 Å². The number of ether oxygens (including phenoxy) is 2. The van der Waals surface area contributed by atoms with Crippen LogP contribution in [0.3, 0.4) is 0 Å². The fourth-order valence-corrected chi connectivity index (χ4v) is 2.50. The minimum absolute atomic E-state index is 0.287. The van der Waals surface area contributed by atoms with E-state index in [4.69, 9.17) is 14.6 Å². The van der Waals surface area contributed by atoms with Gasteiger partial charge in [-0.1, -0.05) is 50.7 Å². The Bertz CT molecular complexity index is 493. The van der Waals surface area contributed by atoms with Crippen molar-refractivity contribution in [2.45, 2.75) is 58.3 Å². The van der Waals surface area contributed by atoms with Crippen LogP contribution in [0.15, 0.2) is 36.4 Å². The van der Waals surface area contributed by atoms with Gasteiger partial charge in [0.25, 0.3) is 0 Å². The van der Waals surface area contributed by atoms with Crippen LogP contribution in [0, 0.1) is 0 Å². The van der Waals surface area contributed by atoms with Crippen molar-refractivity contribution >= 4 is 5.97 Å². The molecule has 140 valence electrons. The number of benzene rings is 1. The van der Waals surface area contributed by atoms with Crippen molar-refractivity contribution in [3.63, 3.8) is 0 Å². The number of carbonyl (C=O) groups is 1. The summed E-state index contributed by atoms with van der Waals surface area (Å²) in [6.07, 6.45) is 9.69. The van der Waals surface area contributed by atoms with Crippen molar-refractivity contribution in [3.05, 3.63) is 42.0 Å². The molecule has 0 bridgehead atoms. The zero-order chi connectivity index (χ0) is 18.3. The highest BCUT2D eigenvalue weighted by atomic mass is 16.5. The summed E-state index contributed by atoms with van der Waals surface area (Å²) in [5.41, 5.74) is 1.37. The van der Waals surface area contributed by atoms with Gasteiger partial charge in [-0.15, -0.1) is 0 Å². The molecule has 1 aromatic carbocycles. The van der Waals surface area contributed by atoms with Gasteiger partial charge in [-0.3, -0.25) is 0 Å². The third-order valence-electron chi connectivity index (χ3n) is 3.90. The fraction of sp³-hybridized carbons (Fsp3) is 0.571. The van der Waals surface area contributed by atoms with E-state index in [0.717, 1.165) is 30.8 Å². The van der Waals surface area contributed by atoms with Gasteiger partial charge in [-0.25, -0.2) is 4.79 Å². The second-order valence-corrected chi connectivity index (χ2v) is 6.52. The molecule has 4 nitrogen and oxygen atoms in total. The van der Waals surface area contributed by atoms with Crippen molar-refractivity contribution in [1.29, 1.82) is 0 Å². The number of rotatable bonds is 15. The van der Waals surface area contributed by atoms with Crippen LogP contribution in [0.4, 0.5) is 0 Å².